The first-order chi connectivity index (χ1) is 16.8. The van der Waals surface area contributed by atoms with Crippen molar-refractivity contribution in [1.82, 2.24) is 15.4 Å². The lowest BCUT2D eigenvalue weighted by molar-refractivity contribution is -0.134. The van der Waals surface area contributed by atoms with E-state index in [1.807, 2.05) is 18.7 Å². The molecule has 2 aliphatic rings. The van der Waals surface area contributed by atoms with Crippen LogP contribution in [-0.4, -0.2) is 64.9 Å². The first-order valence-corrected chi connectivity index (χ1v) is 12.5. The predicted molar refractivity (Wildman–Crippen MR) is 130 cm³/mol. The topological polar surface area (TPSA) is 131 Å². The smallest absolute Gasteiger partial charge is 0.273 e. The summed E-state index contributed by atoms with van der Waals surface area (Å²) in [4.78, 5) is 27.6. The number of benzene rings is 1. The van der Waals surface area contributed by atoms with E-state index in [2.05, 4.69) is 10.5 Å². The molecule has 2 atom stereocenters. The van der Waals surface area contributed by atoms with E-state index in [4.69, 9.17) is 15.0 Å². The van der Waals surface area contributed by atoms with Gasteiger partial charge in [0.25, 0.3) is 5.91 Å². The summed E-state index contributed by atoms with van der Waals surface area (Å²) in [6.45, 7) is 5.49. The third kappa shape index (κ3) is 6.82. The van der Waals surface area contributed by atoms with Gasteiger partial charge in [-0.2, -0.15) is 0 Å². The zero-order valence-electron chi connectivity index (χ0n) is 20.5. The molecule has 1 saturated heterocycles. The Balaban J connectivity index is 1.32. The minimum atomic E-state index is -0.635. The minimum Gasteiger partial charge on any atom is -0.508 e. The minimum absolute atomic E-state index is 0.0440. The third-order valence-electron chi connectivity index (χ3n) is 6.80. The largest absolute Gasteiger partial charge is 0.508 e. The number of nitrogens with zero attached hydrogens (tertiary/aromatic N) is 2. The van der Waals surface area contributed by atoms with Crippen LogP contribution in [0.15, 0.2) is 34.9 Å². The summed E-state index contributed by atoms with van der Waals surface area (Å²) >= 11 is 0. The first-order valence-electron chi connectivity index (χ1n) is 12.5. The van der Waals surface area contributed by atoms with Gasteiger partial charge in [-0.1, -0.05) is 17.3 Å². The Labute approximate surface area is 206 Å². The number of aromatic nitrogens is 1. The average Bonchev–Trinajstić information content (AvgIpc) is 3.58. The summed E-state index contributed by atoms with van der Waals surface area (Å²) in [6, 6.07) is 7.66. The zero-order chi connectivity index (χ0) is 24.9. The molecule has 2 heterocycles. The maximum Gasteiger partial charge on any atom is 0.273 e. The van der Waals surface area contributed by atoms with Crippen LogP contribution in [0.4, 0.5) is 0 Å². The molecule has 35 heavy (non-hydrogen) atoms. The van der Waals surface area contributed by atoms with E-state index < -0.39 is 6.04 Å². The number of aromatic hydroxyl groups is 1. The van der Waals surface area contributed by atoms with E-state index in [1.54, 1.807) is 30.3 Å². The van der Waals surface area contributed by atoms with Crippen LogP contribution in [0.2, 0.25) is 0 Å². The molecule has 4 rings (SSSR count). The Morgan fingerprint density at radius 1 is 1.20 bits per heavy atom. The van der Waals surface area contributed by atoms with Crippen LogP contribution in [-0.2, 0) is 16.0 Å². The number of carbonyl (C=O) groups excluding carboxylic acids is 2. The highest BCUT2D eigenvalue weighted by molar-refractivity contribution is 5.92. The van der Waals surface area contributed by atoms with Crippen molar-refractivity contribution in [3.8, 4) is 5.75 Å². The van der Waals surface area contributed by atoms with E-state index in [9.17, 15) is 14.7 Å². The van der Waals surface area contributed by atoms with E-state index >= 15 is 0 Å². The molecule has 1 saturated carbocycles. The first kappa shape index (κ1) is 25.2. The fraction of sp³-hybridized carbons (Fsp3) is 0.577. The third-order valence-corrected chi connectivity index (χ3v) is 6.80. The molecule has 1 aromatic carbocycles. The fourth-order valence-corrected chi connectivity index (χ4v) is 4.52. The number of carbonyl (C=O) groups is 2. The van der Waals surface area contributed by atoms with E-state index in [0.717, 1.165) is 37.0 Å². The second-order valence-electron chi connectivity index (χ2n) is 9.99. The number of phenolic OH excluding ortho intramolecular Hbond substituents is 1. The van der Waals surface area contributed by atoms with Gasteiger partial charge < -0.3 is 30.3 Å². The molecule has 4 N–H and O–H groups in total. The molecule has 2 aromatic rings. The van der Waals surface area contributed by atoms with Crippen LogP contribution < -0.4 is 11.1 Å². The Hall–Kier alpha value is -2.91. The molecule has 0 radical (unpaired) electrons. The molecule has 1 unspecified atom stereocenters. The number of hydrogen-bond donors (Lipinski definition) is 3. The molecule has 9 heteroatoms. The SMILES string of the molecule is CC(C)OCC(NC(=O)c1cc(C2CC2)on1)C1CCN(C(=O)[C@@H](N)Cc2ccc(O)cc2)CC1. The molecule has 1 aliphatic carbocycles. The van der Waals surface area contributed by atoms with E-state index in [1.165, 1.54) is 0 Å². The van der Waals surface area contributed by atoms with Crippen molar-refractivity contribution >= 4 is 11.8 Å². The summed E-state index contributed by atoms with van der Waals surface area (Å²) in [6.07, 6.45) is 4.11. The summed E-state index contributed by atoms with van der Waals surface area (Å²) < 4.78 is 11.2. The van der Waals surface area contributed by atoms with Crippen molar-refractivity contribution in [3.05, 3.63) is 47.3 Å². The number of rotatable bonds is 10. The second kappa shape index (κ2) is 11.2. The number of nitrogens with two attached hydrogens (primary N) is 1. The Morgan fingerprint density at radius 3 is 2.51 bits per heavy atom. The lowest BCUT2D eigenvalue weighted by atomic mass is 9.89. The van der Waals surface area contributed by atoms with Crippen LogP contribution in [0.1, 0.15) is 67.3 Å². The van der Waals surface area contributed by atoms with Gasteiger partial charge in [-0.15, -0.1) is 0 Å². The quantitative estimate of drug-likeness (QED) is 0.472. The zero-order valence-corrected chi connectivity index (χ0v) is 20.5. The molecule has 0 spiro atoms. The van der Waals surface area contributed by atoms with Crippen molar-refractivity contribution < 1.29 is 24.0 Å². The molecule has 2 amide bonds. The van der Waals surface area contributed by atoms with Crippen LogP contribution in [0, 0.1) is 5.92 Å². The lowest BCUT2D eigenvalue weighted by Gasteiger charge is -2.37. The molecule has 1 aliphatic heterocycles. The van der Waals surface area contributed by atoms with Crippen molar-refractivity contribution in [2.45, 2.75) is 70.1 Å². The maximum atomic E-state index is 12.9. The molecular weight excluding hydrogens is 448 g/mol. The maximum absolute atomic E-state index is 12.9. The second-order valence-corrected chi connectivity index (χ2v) is 9.99. The summed E-state index contributed by atoms with van der Waals surface area (Å²) in [5.41, 5.74) is 7.41. The fourth-order valence-electron chi connectivity index (χ4n) is 4.52. The van der Waals surface area contributed by atoms with Gasteiger partial charge in [-0.05, 0) is 69.6 Å². The summed E-state index contributed by atoms with van der Waals surface area (Å²) in [5.74, 6) is 1.20. The number of phenols is 1. The van der Waals surface area contributed by atoms with Crippen LogP contribution in [0.3, 0.4) is 0 Å². The highest BCUT2D eigenvalue weighted by Crippen LogP contribution is 2.40. The van der Waals surface area contributed by atoms with Gasteiger partial charge in [0.15, 0.2) is 5.69 Å². The van der Waals surface area contributed by atoms with Crippen molar-refractivity contribution in [1.29, 1.82) is 0 Å². The Kier molecular flexibility index (Phi) is 8.07. The van der Waals surface area contributed by atoms with Gasteiger partial charge in [0.2, 0.25) is 5.91 Å². The predicted octanol–water partition coefficient (Wildman–Crippen LogP) is 2.59. The molecular formula is C26H36N4O5. The van der Waals surface area contributed by atoms with Gasteiger partial charge in [0.05, 0.1) is 24.8 Å². The highest BCUT2D eigenvalue weighted by atomic mass is 16.5. The van der Waals surface area contributed by atoms with Crippen LogP contribution >= 0.6 is 0 Å². The molecule has 9 nitrogen and oxygen atoms in total. The summed E-state index contributed by atoms with van der Waals surface area (Å²) in [7, 11) is 0. The van der Waals surface area contributed by atoms with Gasteiger partial charge in [0, 0.05) is 25.1 Å². The Morgan fingerprint density at radius 2 is 1.89 bits per heavy atom. The van der Waals surface area contributed by atoms with Crippen molar-refractivity contribution in [3.63, 3.8) is 0 Å². The molecule has 190 valence electrons. The number of ether oxygens (including phenoxy) is 1. The molecule has 0 bridgehead atoms. The summed E-state index contributed by atoms with van der Waals surface area (Å²) in [5, 5.41) is 16.5. The number of hydrogen-bond acceptors (Lipinski definition) is 7. The molecule has 1 aromatic heterocycles. The number of amides is 2. The number of likely N-dealkylation sites (tertiary alicyclic amines) is 1. The monoisotopic (exact) mass is 484 g/mol. The Bertz CT molecular complexity index is 993. The number of nitrogens with one attached hydrogen (secondary N) is 1. The normalized spacial score (nSPS) is 18.5. The number of piperidine rings is 1. The lowest BCUT2D eigenvalue weighted by Crippen LogP contribution is -2.52. The molecule has 2 fully saturated rings. The average molecular weight is 485 g/mol. The van der Waals surface area contributed by atoms with Gasteiger partial charge in [-0.3, -0.25) is 9.59 Å². The highest BCUT2D eigenvalue weighted by Gasteiger charge is 2.33. The van der Waals surface area contributed by atoms with E-state index in [0.29, 0.717) is 37.7 Å². The van der Waals surface area contributed by atoms with Crippen LogP contribution in [0.5, 0.6) is 5.75 Å². The van der Waals surface area contributed by atoms with E-state index in [-0.39, 0.29) is 35.6 Å². The van der Waals surface area contributed by atoms with Crippen molar-refractivity contribution in [2.24, 2.45) is 11.7 Å². The standard InChI is InChI=1S/C26H36N4O5/c1-16(2)34-15-23(28-25(32)22-14-24(35-29-22)19-5-6-19)18-9-11-30(12-10-18)26(33)21(27)13-17-3-7-20(31)8-4-17/h3-4,7-8,14,16,18-19,21,23,31H,5-6,9-13,15,27H2,1-2H3,(H,28,32)/t21-,23?/m0/s1. The van der Waals surface area contributed by atoms with Crippen molar-refractivity contribution in [2.75, 3.05) is 19.7 Å². The van der Waals surface area contributed by atoms with Gasteiger partial charge >= 0.3 is 0 Å². The van der Waals surface area contributed by atoms with Gasteiger partial charge in [0.1, 0.15) is 11.5 Å². The van der Waals surface area contributed by atoms with Crippen LogP contribution in [0.25, 0.3) is 0 Å². The van der Waals surface area contributed by atoms with Gasteiger partial charge in [-0.25, -0.2) is 0 Å².